The second-order valence-electron chi connectivity index (χ2n) is 3.92. The van der Waals surface area contributed by atoms with E-state index in [0.29, 0.717) is 0 Å². The molecule has 4 heteroatoms. The zero-order valence-electron chi connectivity index (χ0n) is 11.0. The van der Waals surface area contributed by atoms with Crippen LogP contribution in [0, 0.1) is 5.82 Å². The molecule has 19 heavy (non-hydrogen) atoms. The van der Waals surface area contributed by atoms with Crippen molar-refractivity contribution < 1.29 is 9.13 Å². The van der Waals surface area contributed by atoms with Crippen molar-refractivity contribution in [3.8, 4) is 5.75 Å². The van der Waals surface area contributed by atoms with Crippen molar-refractivity contribution in [2.75, 3.05) is 6.61 Å². The molecule has 0 aliphatic rings. The van der Waals surface area contributed by atoms with Crippen molar-refractivity contribution in [1.82, 2.24) is 5.43 Å². The molecule has 0 saturated carbocycles. The molecule has 102 valence electrons. The van der Waals surface area contributed by atoms with E-state index in [1.165, 1.54) is 6.07 Å². The van der Waals surface area contributed by atoms with Crippen molar-refractivity contribution in [2.24, 2.45) is 5.84 Å². The maximum Gasteiger partial charge on any atom is 0.165 e. The molecule has 0 fully saturated rings. The van der Waals surface area contributed by atoms with E-state index in [9.17, 15) is 4.39 Å². The Morgan fingerprint density at radius 2 is 2.16 bits per heavy atom. The van der Waals surface area contributed by atoms with Gasteiger partial charge in [-0.2, -0.15) is 0 Å². The second-order valence-corrected chi connectivity index (χ2v) is 3.92. The maximum atomic E-state index is 13.3. The first-order valence-electron chi connectivity index (χ1n) is 6.01. The van der Waals surface area contributed by atoms with Gasteiger partial charge in [0.25, 0.3) is 0 Å². The summed E-state index contributed by atoms with van der Waals surface area (Å²) >= 11 is 0. The van der Waals surface area contributed by atoms with E-state index >= 15 is 0 Å². The van der Waals surface area contributed by atoms with Crippen LogP contribution in [0.1, 0.15) is 13.3 Å². The number of hydrogen-bond donors (Lipinski definition) is 2. The molecule has 0 bridgehead atoms. The van der Waals surface area contributed by atoms with Gasteiger partial charge in [-0.25, -0.2) is 4.39 Å². The van der Waals surface area contributed by atoms with Crippen LogP contribution in [0.25, 0.3) is 0 Å². The highest BCUT2D eigenvalue weighted by molar-refractivity contribution is 5.28. The van der Waals surface area contributed by atoms with Gasteiger partial charge in [0.15, 0.2) is 11.6 Å². The van der Waals surface area contributed by atoms with E-state index < -0.39 is 0 Å². The summed E-state index contributed by atoms with van der Waals surface area (Å²) in [6.45, 7) is 5.82. The van der Waals surface area contributed by atoms with Crippen LogP contribution in [0.4, 0.5) is 4.39 Å². The fourth-order valence-electron chi connectivity index (χ4n) is 1.46. The SMILES string of the molecule is C=CC/C=C(NN)\C(C)=C/COc1ccccc1F. The molecule has 0 radical (unpaired) electrons. The Hall–Kier alpha value is -2.07. The van der Waals surface area contributed by atoms with Gasteiger partial charge in [-0.3, -0.25) is 5.84 Å². The fourth-order valence-corrected chi connectivity index (χ4v) is 1.46. The summed E-state index contributed by atoms with van der Waals surface area (Å²) in [5, 5.41) is 0. The van der Waals surface area contributed by atoms with Gasteiger partial charge < -0.3 is 10.2 Å². The minimum atomic E-state index is -0.368. The van der Waals surface area contributed by atoms with Crippen LogP contribution in [0.2, 0.25) is 0 Å². The molecule has 0 saturated heterocycles. The van der Waals surface area contributed by atoms with Crippen LogP contribution in [0.5, 0.6) is 5.75 Å². The smallest absolute Gasteiger partial charge is 0.165 e. The number of benzene rings is 1. The Balaban J connectivity index is 2.61. The van der Waals surface area contributed by atoms with Gasteiger partial charge in [0.05, 0.1) is 0 Å². The minimum Gasteiger partial charge on any atom is -0.486 e. The largest absolute Gasteiger partial charge is 0.486 e. The summed E-state index contributed by atoms with van der Waals surface area (Å²) in [6, 6.07) is 6.31. The lowest BCUT2D eigenvalue weighted by atomic mass is 10.2. The highest BCUT2D eigenvalue weighted by atomic mass is 19.1. The Kier molecular flexibility index (Phi) is 6.39. The predicted molar refractivity (Wildman–Crippen MR) is 75.9 cm³/mol. The summed E-state index contributed by atoms with van der Waals surface area (Å²) < 4.78 is 18.6. The van der Waals surface area contributed by atoms with Gasteiger partial charge in [0.1, 0.15) is 6.61 Å². The second kappa shape index (κ2) is 8.11. The summed E-state index contributed by atoms with van der Waals surface area (Å²) in [5.41, 5.74) is 4.35. The first-order chi connectivity index (χ1) is 9.19. The monoisotopic (exact) mass is 262 g/mol. The maximum absolute atomic E-state index is 13.3. The number of nitrogens with two attached hydrogens (primary N) is 1. The lowest BCUT2D eigenvalue weighted by Gasteiger charge is -2.08. The standard InChI is InChI=1S/C15H19FN2O/c1-3-4-8-14(18-17)12(2)10-11-19-15-9-6-5-7-13(15)16/h3,5-10,18H,1,4,11,17H2,2H3/b12-10-,14-8+. The number of para-hydroxylation sites is 1. The van der Waals surface area contributed by atoms with E-state index in [2.05, 4.69) is 12.0 Å². The molecule has 1 rings (SSSR count). The molecule has 1 aromatic rings. The van der Waals surface area contributed by atoms with Crippen molar-refractivity contribution in [1.29, 1.82) is 0 Å². The van der Waals surface area contributed by atoms with Gasteiger partial charge in [-0.1, -0.05) is 24.3 Å². The number of hydrazine groups is 1. The first-order valence-corrected chi connectivity index (χ1v) is 6.01. The van der Waals surface area contributed by atoms with Crippen LogP contribution >= 0.6 is 0 Å². The number of nitrogens with one attached hydrogen (secondary N) is 1. The quantitative estimate of drug-likeness (QED) is 0.343. The molecule has 0 atom stereocenters. The van der Waals surface area contributed by atoms with Gasteiger partial charge in [0, 0.05) is 5.70 Å². The molecule has 0 heterocycles. The van der Waals surface area contributed by atoms with Gasteiger partial charge >= 0.3 is 0 Å². The van der Waals surface area contributed by atoms with Crippen molar-refractivity contribution in [3.63, 3.8) is 0 Å². The van der Waals surface area contributed by atoms with Crippen molar-refractivity contribution >= 4 is 0 Å². The molecule has 0 amide bonds. The van der Waals surface area contributed by atoms with Crippen LogP contribution in [0.15, 0.2) is 60.3 Å². The lowest BCUT2D eigenvalue weighted by Crippen LogP contribution is -2.22. The third-order valence-electron chi connectivity index (χ3n) is 2.53. The molecule has 0 spiro atoms. The number of ether oxygens (including phenoxy) is 1. The molecular weight excluding hydrogens is 243 g/mol. The van der Waals surface area contributed by atoms with Crippen LogP contribution in [0.3, 0.4) is 0 Å². The average Bonchev–Trinajstić information content (AvgIpc) is 2.42. The Bertz CT molecular complexity index is 481. The summed E-state index contributed by atoms with van der Waals surface area (Å²) in [6.07, 6.45) is 6.25. The zero-order chi connectivity index (χ0) is 14.1. The van der Waals surface area contributed by atoms with E-state index in [4.69, 9.17) is 10.6 Å². The molecule has 0 aliphatic carbocycles. The van der Waals surface area contributed by atoms with E-state index in [-0.39, 0.29) is 18.2 Å². The van der Waals surface area contributed by atoms with Crippen molar-refractivity contribution in [2.45, 2.75) is 13.3 Å². The van der Waals surface area contributed by atoms with Gasteiger partial charge in [-0.05, 0) is 37.1 Å². The van der Waals surface area contributed by atoms with Crippen LogP contribution in [-0.2, 0) is 0 Å². The van der Waals surface area contributed by atoms with E-state index in [1.54, 1.807) is 24.3 Å². The zero-order valence-corrected chi connectivity index (χ0v) is 11.0. The Morgan fingerprint density at radius 1 is 1.42 bits per heavy atom. The van der Waals surface area contributed by atoms with E-state index in [0.717, 1.165) is 17.7 Å². The van der Waals surface area contributed by atoms with Gasteiger partial charge in [-0.15, -0.1) is 6.58 Å². The molecule has 0 aliphatic heterocycles. The topological polar surface area (TPSA) is 47.3 Å². The molecule has 0 aromatic heterocycles. The van der Waals surface area contributed by atoms with Crippen LogP contribution < -0.4 is 16.0 Å². The van der Waals surface area contributed by atoms with Crippen LogP contribution in [-0.4, -0.2) is 6.61 Å². The lowest BCUT2D eigenvalue weighted by molar-refractivity contribution is 0.341. The third kappa shape index (κ3) is 4.97. The number of allylic oxidation sites excluding steroid dienone is 3. The molecule has 3 nitrogen and oxygen atoms in total. The average molecular weight is 262 g/mol. The highest BCUT2D eigenvalue weighted by Crippen LogP contribution is 2.15. The number of hydrogen-bond acceptors (Lipinski definition) is 3. The molecule has 3 N–H and O–H groups in total. The minimum absolute atomic E-state index is 0.240. The summed E-state index contributed by atoms with van der Waals surface area (Å²) in [7, 11) is 0. The summed E-state index contributed by atoms with van der Waals surface area (Å²) in [4.78, 5) is 0. The summed E-state index contributed by atoms with van der Waals surface area (Å²) in [5.74, 6) is 5.30. The number of halogens is 1. The van der Waals surface area contributed by atoms with E-state index in [1.807, 2.05) is 19.1 Å². The first kappa shape index (κ1) is 15.0. The predicted octanol–water partition coefficient (Wildman–Crippen LogP) is 3.07. The highest BCUT2D eigenvalue weighted by Gasteiger charge is 2.01. The van der Waals surface area contributed by atoms with Gasteiger partial charge in [0.2, 0.25) is 0 Å². The normalized spacial score (nSPS) is 12.2. The van der Waals surface area contributed by atoms with Crippen molar-refractivity contribution in [3.05, 3.63) is 66.2 Å². The fraction of sp³-hybridized carbons (Fsp3) is 0.200. The molecule has 1 aromatic carbocycles. The third-order valence-corrected chi connectivity index (χ3v) is 2.53. The number of rotatable bonds is 7. The Labute approximate surface area is 113 Å². The Morgan fingerprint density at radius 3 is 2.79 bits per heavy atom. The molecule has 0 unspecified atom stereocenters. The molecular formula is C15H19FN2O.